The summed E-state index contributed by atoms with van der Waals surface area (Å²) in [7, 11) is 3.21. The van der Waals surface area contributed by atoms with Gasteiger partial charge in [0.25, 0.3) is 5.91 Å². The minimum absolute atomic E-state index is 0.0204. The van der Waals surface area contributed by atoms with Crippen molar-refractivity contribution in [1.29, 1.82) is 0 Å². The molecule has 1 aromatic rings. The minimum atomic E-state index is 0.0204. The number of nitrogens with zero attached hydrogens (tertiary/aromatic N) is 2. The van der Waals surface area contributed by atoms with Gasteiger partial charge in [0.15, 0.2) is 5.11 Å². The molecule has 2 bridgehead atoms. The van der Waals surface area contributed by atoms with E-state index in [4.69, 9.17) is 21.7 Å². The summed E-state index contributed by atoms with van der Waals surface area (Å²) < 4.78 is 10.7. The lowest BCUT2D eigenvalue weighted by atomic mass is 9.77. The van der Waals surface area contributed by atoms with Crippen LogP contribution in [0.2, 0.25) is 0 Å². The quantitative estimate of drug-likeness (QED) is 0.554. The van der Waals surface area contributed by atoms with Crippen molar-refractivity contribution in [1.82, 2.24) is 15.1 Å². The zero-order chi connectivity index (χ0) is 22.3. The molecule has 2 aliphatic carbocycles. The number of carbonyl (C=O) groups is 1. The lowest BCUT2D eigenvalue weighted by molar-refractivity contribution is 0.0595. The molecule has 172 valence electrons. The topological polar surface area (TPSA) is 54.0 Å². The third-order valence-corrected chi connectivity index (χ3v) is 8.44. The van der Waals surface area contributed by atoms with Gasteiger partial charge >= 0.3 is 0 Å². The van der Waals surface area contributed by atoms with Gasteiger partial charge in [0.2, 0.25) is 0 Å². The molecule has 1 amide bonds. The van der Waals surface area contributed by atoms with Gasteiger partial charge in [-0.1, -0.05) is 12.2 Å². The van der Waals surface area contributed by atoms with Gasteiger partial charge in [0.05, 0.1) is 19.8 Å². The summed E-state index contributed by atoms with van der Waals surface area (Å²) in [5, 5.41) is 4.59. The minimum Gasteiger partial charge on any atom is -0.497 e. The van der Waals surface area contributed by atoms with Crippen molar-refractivity contribution in [2.45, 2.75) is 38.1 Å². The number of likely N-dealkylation sites (tertiary alicyclic amines) is 2. The lowest BCUT2D eigenvalue weighted by Crippen LogP contribution is -2.48. The number of piperidine rings is 1. The molecule has 3 unspecified atom stereocenters. The van der Waals surface area contributed by atoms with E-state index in [9.17, 15) is 4.79 Å². The Morgan fingerprint density at radius 2 is 1.81 bits per heavy atom. The Bertz CT molecular complexity index is 925. The smallest absolute Gasteiger partial charge is 0.257 e. The van der Waals surface area contributed by atoms with Crippen molar-refractivity contribution in [2.24, 2.45) is 17.3 Å². The summed E-state index contributed by atoms with van der Waals surface area (Å²) in [6, 6.07) is 5.90. The largest absolute Gasteiger partial charge is 0.497 e. The first-order valence-corrected chi connectivity index (χ1v) is 12.2. The van der Waals surface area contributed by atoms with Gasteiger partial charge in [-0.05, 0) is 79.8 Å². The summed E-state index contributed by atoms with van der Waals surface area (Å²) in [6.45, 7) is 3.55. The Kier molecular flexibility index (Phi) is 5.78. The van der Waals surface area contributed by atoms with E-state index in [0.29, 0.717) is 29.0 Å². The average molecular weight is 456 g/mol. The van der Waals surface area contributed by atoms with E-state index in [2.05, 4.69) is 22.4 Å². The number of hydrogen-bond donors (Lipinski definition) is 1. The first kappa shape index (κ1) is 21.6. The zero-order valence-corrected chi connectivity index (χ0v) is 19.8. The Labute approximate surface area is 195 Å². The van der Waals surface area contributed by atoms with Crippen molar-refractivity contribution in [2.75, 3.05) is 40.4 Å². The molecule has 2 saturated heterocycles. The number of amides is 1. The van der Waals surface area contributed by atoms with Gasteiger partial charge in [-0.3, -0.25) is 4.79 Å². The SMILES string of the molecule is COc1ccc(OC)c(C(=O)N2CCC3(CC2)CCN(C(=S)NC2CC4C=CC2C4)C3)c1. The van der Waals surface area contributed by atoms with Gasteiger partial charge in [0, 0.05) is 32.2 Å². The molecule has 2 aliphatic heterocycles. The van der Waals surface area contributed by atoms with Gasteiger partial charge in [-0.25, -0.2) is 0 Å². The van der Waals surface area contributed by atoms with Crippen LogP contribution in [0.1, 0.15) is 42.5 Å². The first-order valence-electron chi connectivity index (χ1n) is 11.8. The Balaban J connectivity index is 1.17. The average Bonchev–Trinajstić information content (AvgIpc) is 3.55. The maximum Gasteiger partial charge on any atom is 0.257 e. The van der Waals surface area contributed by atoms with Crippen molar-refractivity contribution >= 4 is 23.2 Å². The molecular weight excluding hydrogens is 422 g/mol. The molecule has 1 saturated carbocycles. The van der Waals surface area contributed by atoms with E-state index in [1.165, 1.54) is 12.8 Å². The highest BCUT2D eigenvalue weighted by molar-refractivity contribution is 7.80. The van der Waals surface area contributed by atoms with E-state index in [-0.39, 0.29) is 11.3 Å². The molecule has 5 rings (SSSR count). The monoisotopic (exact) mass is 455 g/mol. The van der Waals surface area contributed by atoms with E-state index >= 15 is 0 Å². The molecule has 3 fully saturated rings. The Hall–Kier alpha value is -2.28. The summed E-state index contributed by atoms with van der Waals surface area (Å²) >= 11 is 5.80. The van der Waals surface area contributed by atoms with Crippen LogP contribution < -0.4 is 14.8 Å². The number of allylic oxidation sites excluding steroid dienone is 1. The second-order valence-corrected chi connectivity index (χ2v) is 10.3. The van der Waals surface area contributed by atoms with E-state index in [1.807, 2.05) is 11.0 Å². The fourth-order valence-electron chi connectivity index (χ4n) is 6.05. The zero-order valence-electron chi connectivity index (χ0n) is 19.0. The van der Waals surface area contributed by atoms with Crippen LogP contribution in [0, 0.1) is 17.3 Å². The molecule has 0 aromatic heterocycles. The summed E-state index contributed by atoms with van der Waals surface area (Å²) in [5.74, 6) is 2.68. The standard InChI is InChI=1S/C25H33N3O3S/c1-30-19-5-6-22(31-2)20(15-19)23(29)27-10-7-25(8-11-27)9-12-28(16-25)24(32)26-21-14-17-3-4-18(21)13-17/h3-6,15,17-18,21H,7-14,16H2,1-2H3,(H,26,32). The predicted molar refractivity (Wildman–Crippen MR) is 128 cm³/mol. The number of rotatable bonds is 4. The van der Waals surface area contributed by atoms with Crippen molar-refractivity contribution in [3.63, 3.8) is 0 Å². The summed E-state index contributed by atoms with van der Waals surface area (Å²) in [6.07, 6.45) is 10.4. The highest BCUT2D eigenvalue weighted by Gasteiger charge is 2.43. The van der Waals surface area contributed by atoms with Gasteiger partial charge in [-0.15, -0.1) is 0 Å². The number of hydrogen-bond acceptors (Lipinski definition) is 4. The molecule has 6 nitrogen and oxygen atoms in total. The number of ether oxygens (including phenoxy) is 2. The molecule has 3 atom stereocenters. The third kappa shape index (κ3) is 3.96. The number of nitrogens with one attached hydrogen (secondary N) is 1. The molecule has 32 heavy (non-hydrogen) atoms. The van der Waals surface area contributed by atoms with Crippen molar-refractivity contribution in [3.8, 4) is 11.5 Å². The molecule has 1 N–H and O–H groups in total. The number of thiocarbonyl (C=S) groups is 1. The van der Waals surface area contributed by atoms with Crippen LogP contribution in [0.15, 0.2) is 30.4 Å². The highest BCUT2D eigenvalue weighted by Crippen LogP contribution is 2.42. The van der Waals surface area contributed by atoms with Crippen LogP contribution in [-0.2, 0) is 0 Å². The Morgan fingerprint density at radius 1 is 1.06 bits per heavy atom. The lowest BCUT2D eigenvalue weighted by Gasteiger charge is -2.39. The second kappa shape index (κ2) is 8.58. The molecule has 1 spiro atoms. The maximum absolute atomic E-state index is 13.2. The van der Waals surface area contributed by atoms with Gasteiger partial charge in [-0.2, -0.15) is 0 Å². The molecule has 4 aliphatic rings. The molecule has 1 aromatic carbocycles. The third-order valence-electron chi connectivity index (χ3n) is 8.06. The van der Waals surface area contributed by atoms with Crippen LogP contribution in [0.3, 0.4) is 0 Å². The van der Waals surface area contributed by atoms with Crippen molar-refractivity contribution < 1.29 is 14.3 Å². The van der Waals surface area contributed by atoms with Crippen molar-refractivity contribution in [3.05, 3.63) is 35.9 Å². The van der Waals surface area contributed by atoms with Crippen LogP contribution >= 0.6 is 12.2 Å². The fraction of sp³-hybridized carbons (Fsp3) is 0.600. The maximum atomic E-state index is 13.2. The van der Waals surface area contributed by atoms with E-state index < -0.39 is 0 Å². The normalized spacial score (nSPS) is 27.8. The Morgan fingerprint density at radius 3 is 2.44 bits per heavy atom. The molecular formula is C25H33N3O3S. The predicted octanol–water partition coefficient (Wildman–Crippen LogP) is 3.47. The summed E-state index contributed by atoms with van der Waals surface area (Å²) in [4.78, 5) is 17.6. The van der Waals surface area contributed by atoms with E-state index in [1.54, 1.807) is 26.4 Å². The molecule has 2 heterocycles. The highest BCUT2D eigenvalue weighted by atomic mass is 32.1. The van der Waals surface area contributed by atoms with Gasteiger partial charge < -0.3 is 24.6 Å². The first-order chi connectivity index (χ1) is 15.5. The van der Waals surface area contributed by atoms with Gasteiger partial charge in [0.1, 0.15) is 11.5 Å². The molecule has 7 heteroatoms. The van der Waals surface area contributed by atoms with Crippen LogP contribution in [0.4, 0.5) is 0 Å². The second-order valence-electron chi connectivity index (χ2n) is 9.87. The summed E-state index contributed by atoms with van der Waals surface area (Å²) in [5.41, 5.74) is 0.830. The van der Waals surface area contributed by atoms with E-state index in [0.717, 1.165) is 56.5 Å². The number of methoxy groups -OCH3 is 2. The van der Waals surface area contributed by atoms with Crippen LogP contribution in [-0.4, -0.2) is 67.3 Å². The number of fused-ring (bicyclic) bond motifs is 2. The number of benzene rings is 1. The van der Waals surface area contributed by atoms with Crippen LogP contribution in [0.25, 0.3) is 0 Å². The van der Waals surface area contributed by atoms with Crippen LogP contribution in [0.5, 0.6) is 11.5 Å². The fourth-order valence-corrected chi connectivity index (χ4v) is 6.36. The number of carbonyl (C=O) groups excluding carboxylic acids is 1. The molecule has 0 radical (unpaired) electrons.